The Morgan fingerprint density at radius 2 is 1.86 bits per heavy atom. The van der Waals surface area contributed by atoms with Gasteiger partial charge in [-0.05, 0) is 49.4 Å². The van der Waals surface area contributed by atoms with Crippen molar-refractivity contribution in [3.8, 4) is 0 Å². The van der Waals surface area contributed by atoms with Crippen LogP contribution >= 0.6 is 11.3 Å². The van der Waals surface area contributed by atoms with Gasteiger partial charge in [0.1, 0.15) is 5.58 Å². The summed E-state index contributed by atoms with van der Waals surface area (Å²) in [6.07, 6.45) is 0. The topological polar surface area (TPSA) is 101 Å². The minimum Gasteiger partial charge on any atom is -0.423 e. The average Bonchev–Trinajstić information content (AvgIpc) is 3.06. The lowest BCUT2D eigenvalue weighted by Gasteiger charge is -2.10. The Morgan fingerprint density at radius 1 is 1.04 bits per heavy atom. The van der Waals surface area contributed by atoms with Crippen LogP contribution in [-0.4, -0.2) is 13.4 Å². The quantitative estimate of drug-likeness (QED) is 0.478. The Bertz CT molecular complexity index is 1330. The highest BCUT2D eigenvalue weighted by Gasteiger charge is 2.15. The van der Waals surface area contributed by atoms with Gasteiger partial charge in [-0.25, -0.2) is 18.2 Å². The van der Waals surface area contributed by atoms with Crippen LogP contribution in [-0.2, 0) is 10.0 Å². The van der Waals surface area contributed by atoms with E-state index in [0.717, 1.165) is 16.5 Å². The van der Waals surface area contributed by atoms with E-state index in [1.165, 1.54) is 41.7 Å². The van der Waals surface area contributed by atoms with Crippen molar-refractivity contribution in [3.05, 3.63) is 76.1 Å². The molecule has 0 saturated carbocycles. The normalized spacial score (nSPS) is 11.5. The van der Waals surface area contributed by atoms with Crippen LogP contribution in [0.1, 0.15) is 5.69 Å². The Kier molecular flexibility index (Phi) is 4.62. The predicted octanol–water partition coefficient (Wildman–Crippen LogP) is 4.10. The van der Waals surface area contributed by atoms with Crippen molar-refractivity contribution in [2.45, 2.75) is 11.8 Å². The molecule has 4 rings (SSSR count). The third-order valence-electron chi connectivity index (χ3n) is 3.89. The lowest BCUT2D eigenvalue weighted by Crippen LogP contribution is -2.13. The van der Waals surface area contributed by atoms with Gasteiger partial charge >= 0.3 is 5.63 Å². The summed E-state index contributed by atoms with van der Waals surface area (Å²) in [4.78, 5) is 15.7. The number of benzene rings is 2. The van der Waals surface area contributed by atoms with E-state index in [4.69, 9.17) is 4.42 Å². The first-order valence-corrected chi connectivity index (χ1v) is 10.6. The SMILES string of the molecule is Cc1csc(Nc2cccc(NS(=O)(=O)c3ccc4oc(=O)ccc4c3)c2)n1. The van der Waals surface area contributed by atoms with Crippen LogP contribution in [0.25, 0.3) is 11.0 Å². The number of aryl methyl sites for hydroxylation is 1. The summed E-state index contributed by atoms with van der Waals surface area (Å²) in [5, 5.41) is 6.33. The zero-order valence-electron chi connectivity index (χ0n) is 14.7. The standard InChI is InChI=1S/C19H15N3O4S2/c1-12-11-27-19(20-12)21-14-3-2-4-15(10-14)22-28(24,25)16-6-7-17-13(9-16)5-8-18(23)26-17/h2-11,22H,1H3,(H,20,21). The summed E-state index contributed by atoms with van der Waals surface area (Å²) >= 11 is 1.47. The van der Waals surface area contributed by atoms with Crippen molar-refractivity contribution in [1.82, 2.24) is 4.98 Å². The van der Waals surface area contributed by atoms with Crippen LogP contribution in [0, 0.1) is 6.92 Å². The second-order valence-corrected chi connectivity index (χ2v) is 8.60. The molecule has 0 amide bonds. The zero-order chi connectivity index (χ0) is 19.7. The van der Waals surface area contributed by atoms with Crippen LogP contribution in [0.3, 0.4) is 0 Å². The molecule has 4 aromatic rings. The van der Waals surface area contributed by atoms with Crippen molar-refractivity contribution in [3.63, 3.8) is 0 Å². The van der Waals surface area contributed by atoms with E-state index in [1.54, 1.807) is 18.2 Å². The molecule has 0 atom stereocenters. The Balaban J connectivity index is 1.60. The van der Waals surface area contributed by atoms with Crippen LogP contribution in [0.4, 0.5) is 16.5 Å². The fourth-order valence-electron chi connectivity index (χ4n) is 2.63. The van der Waals surface area contributed by atoms with Gasteiger partial charge in [0.2, 0.25) is 0 Å². The minimum atomic E-state index is -3.81. The molecule has 28 heavy (non-hydrogen) atoms. The summed E-state index contributed by atoms with van der Waals surface area (Å²) in [6.45, 7) is 1.90. The number of fused-ring (bicyclic) bond motifs is 1. The van der Waals surface area contributed by atoms with Gasteiger partial charge < -0.3 is 9.73 Å². The minimum absolute atomic E-state index is 0.0720. The van der Waals surface area contributed by atoms with E-state index in [-0.39, 0.29) is 4.90 Å². The number of rotatable bonds is 5. The fraction of sp³-hybridized carbons (Fsp3) is 0.0526. The summed E-state index contributed by atoms with van der Waals surface area (Å²) in [5.41, 5.74) is 1.89. The number of hydrogen-bond donors (Lipinski definition) is 2. The second kappa shape index (κ2) is 7.10. The number of nitrogens with zero attached hydrogens (tertiary/aromatic N) is 1. The van der Waals surface area contributed by atoms with Gasteiger partial charge in [-0.1, -0.05) is 6.07 Å². The molecule has 2 aromatic carbocycles. The van der Waals surface area contributed by atoms with Crippen molar-refractivity contribution in [1.29, 1.82) is 0 Å². The van der Waals surface area contributed by atoms with Crippen LogP contribution in [0.15, 0.2) is 74.1 Å². The van der Waals surface area contributed by atoms with Crippen LogP contribution in [0.2, 0.25) is 0 Å². The van der Waals surface area contributed by atoms with Crippen molar-refractivity contribution < 1.29 is 12.8 Å². The molecular formula is C19H15N3O4S2. The van der Waals surface area contributed by atoms with Crippen LogP contribution in [0.5, 0.6) is 0 Å². The molecular weight excluding hydrogens is 398 g/mol. The van der Waals surface area contributed by atoms with Crippen molar-refractivity contribution >= 4 is 48.8 Å². The summed E-state index contributed by atoms with van der Waals surface area (Å²) in [7, 11) is -3.81. The van der Waals surface area contributed by atoms with E-state index >= 15 is 0 Å². The molecule has 0 radical (unpaired) electrons. The van der Waals surface area contributed by atoms with Crippen LogP contribution < -0.4 is 15.7 Å². The molecule has 0 unspecified atom stereocenters. The molecule has 0 bridgehead atoms. The van der Waals surface area contributed by atoms with E-state index in [9.17, 15) is 13.2 Å². The zero-order valence-corrected chi connectivity index (χ0v) is 16.3. The predicted molar refractivity (Wildman–Crippen MR) is 110 cm³/mol. The molecule has 0 saturated heterocycles. The first kappa shape index (κ1) is 18.2. The largest absolute Gasteiger partial charge is 0.423 e. The van der Waals surface area contributed by atoms with E-state index in [0.29, 0.717) is 16.7 Å². The molecule has 7 nitrogen and oxygen atoms in total. The first-order chi connectivity index (χ1) is 13.4. The molecule has 0 aliphatic heterocycles. The number of anilines is 3. The third-order valence-corrected chi connectivity index (χ3v) is 6.14. The monoisotopic (exact) mass is 413 g/mol. The molecule has 142 valence electrons. The third kappa shape index (κ3) is 3.90. The fourth-order valence-corrected chi connectivity index (χ4v) is 4.42. The van der Waals surface area contributed by atoms with Gasteiger partial charge in [0.25, 0.3) is 10.0 Å². The van der Waals surface area contributed by atoms with Gasteiger partial charge in [-0.3, -0.25) is 4.72 Å². The van der Waals surface area contributed by atoms with Crippen molar-refractivity contribution in [2.75, 3.05) is 10.0 Å². The van der Waals surface area contributed by atoms with E-state index in [2.05, 4.69) is 15.0 Å². The number of aromatic nitrogens is 1. The van der Waals surface area contributed by atoms with Gasteiger partial charge in [0.15, 0.2) is 5.13 Å². The maximum absolute atomic E-state index is 12.8. The summed E-state index contributed by atoms with van der Waals surface area (Å²) in [5.74, 6) is 0. The highest BCUT2D eigenvalue weighted by molar-refractivity contribution is 7.92. The lowest BCUT2D eigenvalue weighted by molar-refractivity contribution is 0.560. The number of nitrogens with one attached hydrogen (secondary N) is 2. The number of hydrogen-bond acceptors (Lipinski definition) is 7. The second-order valence-electron chi connectivity index (χ2n) is 6.06. The highest BCUT2D eigenvalue weighted by atomic mass is 32.2. The van der Waals surface area contributed by atoms with Gasteiger partial charge in [-0.2, -0.15) is 0 Å². The Hall–Kier alpha value is -3.17. The first-order valence-electron chi connectivity index (χ1n) is 8.25. The van der Waals surface area contributed by atoms with Gasteiger partial charge in [0.05, 0.1) is 16.3 Å². The molecule has 9 heteroatoms. The van der Waals surface area contributed by atoms with Gasteiger partial charge in [0, 0.05) is 22.5 Å². The molecule has 0 spiro atoms. The average molecular weight is 413 g/mol. The Morgan fingerprint density at radius 3 is 2.64 bits per heavy atom. The van der Waals surface area contributed by atoms with E-state index < -0.39 is 15.6 Å². The molecule has 0 aliphatic carbocycles. The number of sulfonamides is 1. The smallest absolute Gasteiger partial charge is 0.336 e. The molecule has 0 aliphatic rings. The lowest BCUT2D eigenvalue weighted by atomic mass is 10.2. The van der Waals surface area contributed by atoms with Crippen molar-refractivity contribution in [2.24, 2.45) is 0 Å². The number of thiazole rings is 1. The van der Waals surface area contributed by atoms with E-state index in [1.807, 2.05) is 18.4 Å². The highest BCUT2D eigenvalue weighted by Crippen LogP contribution is 2.25. The Labute approximate surface area is 164 Å². The molecule has 2 N–H and O–H groups in total. The molecule has 2 aromatic heterocycles. The maximum atomic E-state index is 12.8. The van der Waals surface area contributed by atoms with Gasteiger partial charge in [-0.15, -0.1) is 11.3 Å². The molecule has 2 heterocycles. The molecule has 0 fully saturated rings. The summed E-state index contributed by atoms with van der Waals surface area (Å²) < 4.78 is 33.1. The summed E-state index contributed by atoms with van der Waals surface area (Å²) in [6, 6.07) is 14.0. The maximum Gasteiger partial charge on any atom is 0.336 e.